The summed E-state index contributed by atoms with van der Waals surface area (Å²) in [7, 11) is 0. The molecule has 17 heavy (non-hydrogen) atoms. The van der Waals surface area contributed by atoms with Crippen molar-refractivity contribution < 1.29 is 0 Å². The molecule has 0 radical (unpaired) electrons. The van der Waals surface area contributed by atoms with Crippen LogP contribution in [0.2, 0.25) is 0 Å². The van der Waals surface area contributed by atoms with Crippen LogP contribution >= 0.6 is 11.6 Å². The lowest BCUT2D eigenvalue weighted by atomic mass is 10.0. The van der Waals surface area contributed by atoms with Gasteiger partial charge in [0.25, 0.3) is 0 Å². The molecule has 0 saturated heterocycles. The first-order valence-corrected chi connectivity index (χ1v) is 6.35. The molecule has 0 unspecified atom stereocenters. The summed E-state index contributed by atoms with van der Waals surface area (Å²) in [4.78, 5) is 0. The molecule has 0 N–H and O–H groups in total. The van der Waals surface area contributed by atoms with E-state index in [1.807, 2.05) is 6.08 Å². The van der Waals surface area contributed by atoms with Gasteiger partial charge in [-0.1, -0.05) is 54.6 Å². The first-order chi connectivity index (χ1) is 8.38. The van der Waals surface area contributed by atoms with Crippen molar-refractivity contribution in [3.05, 3.63) is 65.2 Å². The molecule has 0 fully saturated rings. The summed E-state index contributed by atoms with van der Waals surface area (Å²) >= 11 is 5.65. The zero-order chi connectivity index (χ0) is 11.7. The Bertz CT molecular complexity index is 582. The number of hydrogen-bond acceptors (Lipinski definition) is 0. The first kappa shape index (κ1) is 10.6. The lowest BCUT2D eigenvalue weighted by Gasteiger charge is -2.01. The SMILES string of the molecule is ClCC=Cc1ccc2c(c1)Cc1ccccc1-2. The molecule has 3 rings (SSSR count). The molecule has 0 nitrogen and oxygen atoms in total. The molecular formula is C16H13Cl. The molecule has 0 bridgehead atoms. The third-order valence-electron chi connectivity index (χ3n) is 3.22. The van der Waals surface area contributed by atoms with Crippen LogP contribution in [0.4, 0.5) is 0 Å². The maximum absolute atomic E-state index is 5.65. The average Bonchev–Trinajstić information content (AvgIpc) is 2.74. The maximum Gasteiger partial charge on any atom is 0.0407 e. The van der Waals surface area contributed by atoms with Crippen LogP contribution in [0.3, 0.4) is 0 Å². The van der Waals surface area contributed by atoms with Crippen molar-refractivity contribution in [1.29, 1.82) is 0 Å². The molecule has 0 amide bonds. The van der Waals surface area contributed by atoms with Gasteiger partial charge in [-0.3, -0.25) is 0 Å². The number of benzene rings is 2. The van der Waals surface area contributed by atoms with Crippen LogP contribution in [0.25, 0.3) is 17.2 Å². The smallest absolute Gasteiger partial charge is 0.0407 e. The number of hydrogen-bond donors (Lipinski definition) is 0. The van der Waals surface area contributed by atoms with Crippen molar-refractivity contribution in [2.75, 3.05) is 5.88 Å². The summed E-state index contributed by atoms with van der Waals surface area (Å²) in [5, 5.41) is 0. The Balaban J connectivity index is 2.04. The fourth-order valence-corrected chi connectivity index (χ4v) is 2.54. The number of allylic oxidation sites excluding steroid dienone is 1. The Labute approximate surface area is 107 Å². The zero-order valence-corrected chi connectivity index (χ0v) is 10.2. The molecule has 1 aliphatic carbocycles. The van der Waals surface area contributed by atoms with E-state index in [4.69, 9.17) is 11.6 Å². The Hall–Kier alpha value is -1.53. The van der Waals surface area contributed by atoms with Crippen molar-refractivity contribution in [3.63, 3.8) is 0 Å². The minimum Gasteiger partial charge on any atom is -0.122 e. The molecule has 2 aromatic rings. The van der Waals surface area contributed by atoms with Crippen molar-refractivity contribution in [2.45, 2.75) is 6.42 Å². The van der Waals surface area contributed by atoms with Crippen molar-refractivity contribution in [2.24, 2.45) is 0 Å². The third-order valence-corrected chi connectivity index (χ3v) is 3.40. The number of halogens is 1. The average molecular weight is 241 g/mol. The molecule has 84 valence electrons. The van der Waals surface area contributed by atoms with Gasteiger partial charge in [-0.15, -0.1) is 11.6 Å². The van der Waals surface area contributed by atoms with E-state index in [0.717, 1.165) is 6.42 Å². The van der Waals surface area contributed by atoms with Crippen LogP contribution in [-0.2, 0) is 6.42 Å². The van der Waals surface area contributed by atoms with Gasteiger partial charge < -0.3 is 0 Å². The largest absolute Gasteiger partial charge is 0.122 e. The second-order valence-corrected chi connectivity index (χ2v) is 4.62. The van der Waals surface area contributed by atoms with E-state index in [9.17, 15) is 0 Å². The molecule has 1 heteroatoms. The normalized spacial score (nSPS) is 12.8. The van der Waals surface area contributed by atoms with Crippen LogP contribution in [0.15, 0.2) is 48.5 Å². The van der Waals surface area contributed by atoms with Gasteiger partial charge >= 0.3 is 0 Å². The maximum atomic E-state index is 5.65. The van der Waals surface area contributed by atoms with Gasteiger partial charge in [-0.25, -0.2) is 0 Å². The Kier molecular flexibility index (Phi) is 2.74. The summed E-state index contributed by atoms with van der Waals surface area (Å²) in [6.45, 7) is 0. The lowest BCUT2D eigenvalue weighted by molar-refractivity contribution is 1.26. The molecule has 0 spiro atoms. The van der Waals surface area contributed by atoms with Crippen LogP contribution in [-0.4, -0.2) is 5.88 Å². The molecule has 1 aliphatic rings. The number of fused-ring (bicyclic) bond motifs is 3. The highest BCUT2D eigenvalue weighted by Crippen LogP contribution is 2.36. The molecule has 0 aromatic heterocycles. The van der Waals surface area contributed by atoms with Crippen molar-refractivity contribution in [3.8, 4) is 11.1 Å². The van der Waals surface area contributed by atoms with Crippen LogP contribution in [0.5, 0.6) is 0 Å². The van der Waals surface area contributed by atoms with E-state index >= 15 is 0 Å². The topological polar surface area (TPSA) is 0 Å². The zero-order valence-electron chi connectivity index (χ0n) is 9.49. The van der Waals surface area contributed by atoms with Crippen LogP contribution in [0.1, 0.15) is 16.7 Å². The number of rotatable bonds is 2. The Morgan fingerprint density at radius 2 is 1.82 bits per heavy atom. The molecule has 0 atom stereocenters. The minimum absolute atomic E-state index is 0.567. The molecule has 0 saturated carbocycles. The fraction of sp³-hybridized carbons (Fsp3) is 0.125. The van der Waals surface area contributed by atoms with Crippen LogP contribution in [0, 0.1) is 0 Å². The van der Waals surface area contributed by atoms with Crippen molar-refractivity contribution >= 4 is 17.7 Å². The second-order valence-electron chi connectivity index (χ2n) is 4.31. The standard InChI is InChI=1S/C16H13Cl/c17-9-3-4-12-7-8-16-14(10-12)11-13-5-1-2-6-15(13)16/h1-8,10H,9,11H2. The summed E-state index contributed by atoms with van der Waals surface area (Å²) in [5.41, 5.74) is 6.85. The van der Waals surface area contributed by atoms with E-state index in [0.29, 0.717) is 5.88 Å². The van der Waals surface area contributed by atoms with Crippen molar-refractivity contribution in [1.82, 2.24) is 0 Å². The minimum atomic E-state index is 0.567. The van der Waals surface area contributed by atoms with Gasteiger partial charge in [-0.05, 0) is 34.2 Å². The van der Waals surface area contributed by atoms with E-state index in [1.54, 1.807) is 0 Å². The van der Waals surface area contributed by atoms with Gasteiger partial charge in [-0.2, -0.15) is 0 Å². The van der Waals surface area contributed by atoms with Gasteiger partial charge in [0.15, 0.2) is 0 Å². The summed E-state index contributed by atoms with van der Waals surface area (Å²) < 4.78 is 0. The summed E-state index contributed by atoms with van der Waals surface area (Å²) in [6, 6.07) is 15.3. The molecule has 0 heterocycles. The van der Waals surface area contributed by atoms with Gasteiger partial charge in [0.05, 0.1) is 0 Å². The molecular weight excluding hydrogens is 228 g/mol. The number of alkyl halides is 1. The predicted octanol–water partition coefficient (Wildman–Crippen LogP) is 4.51. The monoisotopic (exact) mass is 240 g/mol. The lowest BCUT2D eigenvalue weighted by Crippen LogP contribution is -1.81. The fourth-order valence-electron chi connectivity index (χ4n) is 2.45. The Morgan fingerprint density at radius 1 is 1.00 bits per heavy atom. The van der Waals surface area contributed by atoms with E-state index in [-0.39, 0.29) is 0 Å². The highest BCUT2D eigenvalue weighted by Gasteiger charge is 2.17. The predicted molar refractivity (Wildman–Crippen MR) is 74.4 cm³/mol. The quantitative estimate of drug-likeness (QED) is 0.578. The van der Waals surface area contributed by atoms with Gasteiger partial charge in [0, 0.05) is 5.88 Å². The van der Waals surface area contributed by atoms with E-state index in [1.165, 1.54) is 27.8 Å². The first-order valence-electron chi connectivity index (χ1n) is 5.82. The van der Waals surface area contributed by atoms with Crippen LogP contribution < -0.4 is 0 Å². The summed E-state index contributed by atoms with van der Waals surface area (Å²) in [5.74, 6) is 0.567. The van der Waals surface area contributed by atoms with E-state index < -0.39 is 0 Å². The second kappa shape index (κ2) is 4.38. The highest BCUT2D eigenvalue weighted by atomic mass is 35.5. The van der Waals surface area contributed by atoms with E-state index in [2.05, 4.69) is 48.5 Å². The summed E-state index contributed by atoms with van der Waals surface area (Å²) in [6.07, 6.45) is 5.11. The Morgan fingerprint density at radius 3 is 2.71 bits per heavy atom. The molecule has 2 aromatic carbocycles. The molecule has 0 aliphatic heterocycles. The van der Waals surface area contributed by atoms with Gasteiger partial charge in [0.2, 0.25) is 0 Å². The van der Waals surface area contributed by atoms with Gasteiger partial charge in [0.1, 0.15) is 0 Å². The highest BCUT2D eigenvalue weighted by molar-refractivity contribution is 6.19. The third kappa shape index (κ3) is 1.89.